The minimum Gasteiger partial charge on any atom is -0.492 e. The molecule has 0 aromatic heterocycles. The van der Waals surface area contributed by atoms with Crippen molar-refractivity contribution in [2.75, 3.05) is 16.6 Å². The van der Waals surface area contributed by atoms with Gasteiger partial charge in [0.05, 0.1) is 24.1 Å². The van der Waals surface area contributed by atoms with E-state index in [9.17, 15) is 27.5 Å². The maximum Gasteiger partial charge on any atom is 0.307 e. The van der Waals surface area contributed by atoms with Crippen LogP contribution in [0.5, 0.6) is 11.5 Å². The lowest BCUT2D eigenvalue weighted by molar-refractivity contribution is -0.146. The van der Waals surface area contributed by atoms with E-state index < -0.39 is 39.3 Å². The molecule has 1 amide bonds. The fraction of sp³-hybridized carbons (Fsp3) is 0.360. The van der Waals surface area contributed by atoms with Crippen LogP contribution in [-0.4, -0.2) is 37.6 Å². The molecule has 4 atom stereocenters. The van der Waals surface area contributed by atoms with Crippen LogP contribution in [0.15, 0.2) is 53.4 Å². The Hall–Kier alpha value is -3.17. The zero-order valence-electron chi connectivity index (χ0n) is 20.7. The summed E-state index contributed by atoms with van der Waals surface area (Å²) in [5, 5.41) is 12.1. The Morgan fingerprint density at radius 1 is 1.11 bits per heavy atom. The van der Waals surface area contributed by atoms with Crippen molar-refractivity contribution in [2.24, 2.45) is 11.8 Å². The second-order valence-electron chi connectivity index (χ2n) is 8.75. The fourth-order valence-electron chi connectivity index (χ4n) is 3.89. The SMILES string of the molecule is CCOc1cc(NC(=O)[C@H]2CC=CC[C@H]2C(=O)O)ccc1S(=O)(=O)Nc1ccc(C)c(OC(C)(F)P)c1. The van der Waals surface area contributed by atoms with Crippen LogP contribution in [0.1, 0.15) is 32.3 Å². The smallest absolute Gasteiger partial charge is 0.307 e. The van der Waals surface area contributed by atoms with Crippen molar-refractivity contribution in [1.29, 1.82) is 0 Å². The molecule has 3 rings (SSSR count). The number of hydrogen-bond acceptors (Lipinski definition) is 6. The Labute approximate surface area is 217 Å². The maximum atomic E-state index is 14.0. The van der Waals surface area contributed by atoms with Crippen LogP contribution in [0, 0.1) is 18.8 Å². The quantitative estimate of drug-likeness (QED) is 0.288. The third kappa shape index (κ3) is 7.42. The normalized spacial score (nSPS) is 18.9. The number of carboxylic acid groups (broad SMARTS) is 1. The number of aryl methyl sites for hydroxylation is 1. The van der Waals surface area contributed by atoms with Crippen molar-refractivity contribution in [3.05, 3.63) is 54.1 Å². The minimum atomic E-state index is -4.15. The summed E-state index contributed by atoms with van der Waals surface area (Å²) >= 11 is 0. The average molecular weight is 553 g/mol. The molecular formula is C25H30FN2O7PS. The minimum absolute atomic E-state index is 0.00370. The molecule has 2 aromatic rings. The molecule has 9 nitrogen and oxygen atoms in total. The number of carbonyl (C=O) groups excluding carboxylic acids is 1. The molecule has 0 spiro atoms. The molecule has 2 unspecified atom stereocenters. The highest BCUT2D eigenvalue weighted by Crippen LogP contribution is 2.34. The van der Waals surface area contributed by atoms with E-state index in [1.165, 1.54) is 37.3 Å². The van der Waals surface area contributed by atoms with Gasteiger partial charge in [-0.25, -0.2) is 8.42 Å². The zero-order chi connectivity index (χ0) is 27.4. The Balaban J connectivity index is 1.85. The molecule has 0 aliphatic heterocycles. The van der Waals surface area contributed by atoms with Crippen molar-refractivity contribution >= 4 is 42.5 Å². The van der Waals surface area contributed by atoms with Crippen molar-refractivity contribution in [3.63, 3.8) is 0 Å². The summed E-state index contributed by atoms with van der Waals surface area (Å²) in [6, 6.07) is 8.54. The molecule has 1 aliphatic rings. The Bertz CT molecular complexity index is 1310. The van der Waals surface area contributed by atoms with Crippen molar-refractivity contribution in [3.8, 4) is 11.5 Å². The number of alkyl halides is 1. The van der Waals surface area contributed by atoms with Gasteiger partial charge in [0.1, 0.15) is 16.4 Å². The predicted molar refractivity (Wildman–Crippen MR) is 141 cm³/mol. The molecule has 0 heterocycles. The fourth-order valence-corrected chi connectivity index (χ4v) is 5.19. The van der Waals surface area contributed by atoms with E-state index in [-0.39, 0.29) is 47.2 Å². The molecular weight excluding hydrogens is 522 g/mol. The standard InChI is InChI=1S/C25H30FN2O7PS/c1-4-34-21-13-16(27-23(29)18-7-5-6-8-19(18)24(30)31)11-12-22(21)37(32,33)28-17-10-9-15(2)20(14-17)35-25(3,26)36/h5-6,9-14,18-19,28H,4,7-8,36H2,1-3H3,(H,27,29)(H,30,31)/t18-,19+,25?/m0/s1. The Morgan fingerprint density at radius 2 is 1.73 bits per heavy atom. The van der Waals surface area contributed by atoms with Crippen LogP contribution >= 0.6 is 9.24 Å². The van der Waals surface area contributed by atoms with Crippen LogP contribution in [-0.2, 0) is 19.6 Å². The van der Waals surface area contributed by atoms with Crippen molar-refractivity contribution in [1.82, 2.24) is 0 Å². The second-order valence-corrected chi connectivity index (χ2v) is 11.4. The first-order valence-corrected chi connectivity index (χ1v) is 13.6. The molecule has 0 saturated heterocycles. The van der Waals surface area contributed by atoms with Crippen molar-refractivity contribution in [2.45, 2.75) is 44.1 Å². The highest BCUT2D eigenvalue weighted by molar-refractivity contribution is 7.92. The first-order valence-electron chi connectivity index (χ1n) is 11.6. The first kappa shape index (κ1) is 28.4. The summed E-state index contributed by atoms with van der Waals surface area (Å²) in [4.78, 5) is 24.2. The molecule has 2 aromatic carbocycles. The van der Waals surface area contributed by atoms with Crippen LogP contribution in [0.4, 0.5) is 15.8 Å². The lowest BCUT2D eigenvalue weighted by Gasteiger charge is -2.24. The van der Waals surface area contributed by atoms with Crippen molar-refractivity contribution < 1.29 is 37.0 Å². The number of aliphatic carboxylic acids is 1. The van der Waals surface area contributed by atoms with E-state index in [0.717, 1.165) is 0 Å². The maximum absolute atomic E-state index is 14.0. The summed E-state index contributed by atoms with van der Waals surface area (Å²) in [5.74, 6) is -2.96. The van der Waals surface area contributed by atoms with Gasteiger partial charge < -0.3 is 19.9 Å². The summed E-state index contributed by atoms with van der Waals surface area (Å²) in [5.41, 5.74) is -1.01. The third-order valence-electron chi connectivity index (χ3n) is 5.64. The summed E-state index contributed by atoms with van der Waals surface area (Å²) in [6.45, 7) is 4.74. The van der Waals surface area contributed by atoms with E-state index in [4.69, 9.17) is 9.47 Å². The van der Waals surface area contributed by atoms with E-state index in [2.05, 4.69) is 10.0 Å². The predicted octanol–water partition coefficient (Wildman–Crippen LogP) is 4.70. The molecule has 0 bridgehead atoms. The first-order chi connectivity index (χ1) is 17.3. The van der Waals surface area contributed by atoms with E-state index in [1.807, 2.05) is 9.24 Å². The number of nitrogens with one attached hydrogen (secondary N) is 2. The number of ether oxygens (including phenoxy) is 2. The number of rotatable bonds is 10. The molecule has 12 heteroatoms. The van der Waals surface area contributed by atoms with Gasteiger partial charge in [-0.15, -0.1) is 0 Å². The molecule has 1 aliphatic carbocycles. The third-order valence-corrected chi connectivity index (χ3v) is 7.18. The van der Waals surface area contributed by atoms with Gasteiger partial charge >= 0.3 is 5.97 Å². The van der Waals surface area contributed by atoms with Gasteiger partial charge in [-0.05, 0) is 50.5 Å². The van der Waals surface area contributed by atoms with E-state index in [0.29, 0.717) is 5.56 Å². The van der Waals surface area contributed by atoms with Gasteiger partial charge in [0.25, 0.3) is 15.6 Å². The van der Waals surface area contributed by atoms with Gasteiger partial charge in [-0.3, -0.25) is 14.3 Å². The van der Waals surface area contributed by atoms with E-state index in [1.54, 1.807) is 32.1 Å². The Morgan fingerprint density at radius 3 is 2.35 bits per heavy atom. The number of halogens is 1. The molecule has 0 fully saturated rings. The van der Waals surface area contributed by atoms with E-state index >= 15 is 0 Å². The van der Waals surface area contributed by atoms with Gasteiger partial charge in [0.15, 0.2) is 0 Å². The lowest BCUT2D eigenvalue weighted by Crippen LogP contribution is -2.34. The van der Waals surface area contributed by atoms with Gasteiger partial charge in [-0.1, -0.05) is 27.5 Å². The summed E-state index contributed by atoms with van der Waals surface area (Å²) < 4.78 is 53.6. The van der Waals surface area contributed by atoms with Gasteiger partial charge in [0.2, 0.25) is 5.91 Å². The van der Waals surface area contributed by atoms with Crippen LogP contribution in [0.25, 0.3) is 0 Å². The van der Waals surface area contributed by atoms with Crippen LogP contribution < -0.4 is 19.5 Å². The zero-order valence-corrected chi connectivity index (χ0v) is 22.6. The monoisotopic (exact) mass is 552 g/mol. The number of hydrogen-bond donors (Lipinski definition) is 3. The second kappa shape index (κ2) is 11.5. The van der Waals surface area contributed by atoms with Crippen LogP contribution in [0.3, 0.4) is 0 Å². The number of carboxylic acids is 1. The number of allylic oxidation sites excluding steroid dienone is 2. The largest absolute Gasteiger partial charge is 0.492 e. The number of sulfonamides is 1. The summed E-state index contributed by atoms with van der Waals surface area (Å²) in [7, 11) is -2.24. The lowest BCUT2D eigenvalue weighted by atomic mass is 9.82. The molecule has 3 N–H and O–H groups in total. The molecule has 0 saturated carbocycles. The number of amides is 1. The average Bonchev–Trinajstić information content (AvgIpc) is 2.80. The number of carbonyl (C=O) groups is 2. The summed E-state index contributed by atoms with van der Waals surface area (Å²) in [6.07, 6.45) is 4.06. The Kier molecular flexibility index (Phi) is 8.81. The highest BCUT2D eigenvalue weighted by atomic mass is 32.2. The molecule has 0 radical (unpaired) electrons. The topological polar surface area (TPSA) is 131 Å². The highest BCUT2D eigenvalue weighted by Gasteiger charge is 2.34. The number of benzene rings is 2. The molecule has 37 heavy (non-hydrogen) atoms. The number of anilines is 2. The van der Waals surface area contributed by atoms with Gasteiger partial charge in [0, 0.05) is 24.7 Å². The van der Waals surface area contributed by atoms with Crippen LogP contribution in [0.2, 0.25) is 0 Å². The van der Waals surface area contributed by atoms with Gasteiger partial charge in [-0.2, -0.15) is 4.39 Å². The molecule has 200 valence electrons.